The Bertz CT molecular complexity index is 1270. The van der Waals surface area contributed by atoms with Crippen LogP contribution >= 0.6 is 0 Å². The molecule has 3 aromatic carbocycles. The SMILES string of the molecule is CC(N)=NCCc1cc(CCN=C(N)N)cc(-c2cccc(-c3cc(CCN=C(N)N)cc(CCN=C(N)N)c3)c2)c1. The van der Waals surface area contributed by atoms with Crippen LogP contribution in [0.3, 0.4) is 0 Å². The molecule has 42 heavy (non-hydrogen) atoms. The van der Waals surface area contributed by atoms with Gasteiger partial charge in [-0.25, -0.2) is 0 Å². The van der Waals surface area contributed by atoms with Gasteiger partial charge in [0.25, 0.3) is 0 Å². The lowest BCUT2D eigenvalue weighted by atomic mass is 9.93. The molecule has 0 saturated carbocycles. The van der Waals surface area contributed by atoms with Gasteiger partial charge >= 0.3 is 0 Å². The van der Waals surface area contributed by atoms with Gasteiger partial charge in [0.1, 0.15) is 0 Å². The summed E-state index contributed by atoms with van der Waals surface area (Å²) >= 11 is 0. The van der Waals surface area contributed by atoms with Gasteiger partial charge in [-0.1, -0.05) is 54.6 Å². The number of benzene rings is 3. The molecule has 0 heterocycles. The summed E-state index contributed by atoms with van der Waals surface area (Å²) in [7, 11) is 0. The molecule has 0 amide bonds. The van der Waals surface area contributed by atoms with Crippen LogP contribution in [0.15, 0.2) is 80.6 Å². The van der Waals surface area contributed by atoms with Crippen molar-refractivity contribution >= 4 is 23.7 Å². The molecule has 0 saturated heterocycles. The Hall–Kier alpha value is -5.06. The molecule has 0 aliphatic rings. The number of hydrogen-bond donors (Lipinski definition) is 7. The minimum Gasteiger partial charge on any atom is -0.388 e. The number of nitrogens with two attached hydrogens (primary N) is 7. The summed E-state index contributed by atoms with van der Waals surface area (Å²) in [6.07, 6.45) is 2.89. The molecule has 0 aromatic heterocycles. The van der Waals surface area contributed by atoms with Crippen LogP contribution in [0.4, 0.5) is 0 Å². The van der Waals surface area contributed by atoms with E-state index >= 15 is 0 Å². The Morgan fingerprint density at radius 1 is 0.452 bits per heavy atom. The number of aliphatic imine (C=N–C) groups is 4. The lowest BCUT2D eigenvalue weighted by molar-refractivity contribution is 0.936. The predicted octanol–water partition coefficient (Wildman–Crippen LogP) is 1.39. The van der Waals surface area contributed by atoms with Gasteiger partial charge in [-0.05, 0) is 83.2 Å². The zero-order valence-electron chi connectivity index (χ0n) is 24.3. The van der Waals surface area contributed by atoms with Crippen molar-refractivity contribution in [1.82, 2.24) is 0 Å². The molecule has 11 nitrogen and oxygen atoms in total. The van der Waals surface area contributed by atoms with Crippen LogP contribution in [-0.4, -0.2) is 49.9 Å². The Kier molecular flexibility index (Phi) is 11.7. The Balaban J connectivity index is 1.99. The minimum atomic E-state index is 0.0803. The van der Waals surface area contributed by atoms with E-state index in [4.69, 9.17) is 40.1 Å². The summed E-state index contributed by atoms with van der Waals surface area (Å²) in [5, 5.41) is 0. The van der Waals surface area contributed by atoms with Gasteiger partial charge in [0, 0.05) is 26.2 Å². The third-order valence-electron chi connectivity index (χ3n) is 6.48. The van der Waals surface area contributed by atoms with E-state index in [0.29, 0.717) is 51.3 Å². The molecule has 14 N–H and O–H groups in total. The highest BCUT2D eigenvalue weighted by molar-refractivity contribution is 5.78. The summed E-state index contributed by atoms with van der Waals surface area (Å²) in [4.78, 5) is 16.8. The smallest absolute Gasteiger partial charge is 0.185 e. The quantitative estimate of drug-likeness (QED) is 0.111. The highest BCUT2D eigenvalue weighted by atomic mass is 15.0. The standard InChI is InChI=1S/C31H43N11/c1-20(32)39-9-5-21-13-22(6-10-40-29(33)34)16-27(15-21)25-3-2-4-26(19-25)28-17-23(7-11-41-30(35)36)14-24(18-28)8-12-42-31(37)38/h2-4,13-19H,5-12H2,1H3,(H2,32,39)(H4,33,34,40)(H4,35,36,41)(H4,37,38,42). The molecule has 0 radical (unpaired) electrons. The summed E-state index contributed by atoms with van der Waals surface area (Å²) in [5.74, 6) is 0.823. The Morgan fingerprint density at radius 2 is 0.786 bits per heavy atom. The number of guanidine groups is 3. The number of hydrogen-bond acceptors (Lipinski definition) is 4. The van der Waals surface area contributed by atoms with Crippen LogP contribution < -0.4 is 40.1 Å². The molecule has 3 rings (SSSR count). The summed E-state index contributed by atoms with van der Waals surface area (Å²) in [6, 6.07) is 21.6. The minimum absolute atomic E-state index is 0.0803. The molecule has 222 valence electrons. The van der Waals surface area contributed by atoms with Crippen molar-refractivity contribution in [2.75, 3.05) is 26.2 Å². The predicted molar refractivity (Wildman–Crippen MR) is 176 cm³/mol. The number of rotatable bonds is 14. The molecule has 0 bridgehead atoms. The zero-order chi connectivity index (χ0) is 30.5. The first kappa shape index (κ1) is 31.5. The van der Waals surface area contributed by atoms with E-state index in [9.17, 15) is 0 Å². The maximum atomic E-state index is 5.75. The van der Waals surface area contributed by atoms with Crippen LogP contribution in [0.1, 0.15) is 29.2 Å². The van der Waals surface area contributed by atoms with Gasteiger partial charge in [0.15, 0.2) is 17.9 Å². The molecule has 0 fully saturated rings. The van der Waals surface area contributed by atoms with Crippen molar-refractivity contribution < 1.29 is 0 Å². The second-order valence-electron chi connectivity index (χ2n) is 10.1. The fourth-order valence-electron chi connectivity index (χ4n) is 4.62. The van der Waals surface area contributed by atoms with Gasteiger partial charge in [0.2, 0.25) is 0 Å². The van der Waals surface area contributed by atoms with E-state index in [1.807, 2.05) is 0 Å². The number of amidine groups is 1. The average Bonchev–Trinajstić information content (AvgIpc) is 2.92. The summed E-state index contributed by atoms with van der Waals surface area (Å²) in [6.45, 7) is 3.93. The van der Waals surface area contributed by atoms with Gasteiger partial charge < -0.3 is 40.1 Å². The van der Waals surface area contributed by atoms with Crippen molar-refractivity contribution in [3.05, 3.63) is 82.9 Å². The molecule has 0 aliphatic heterocycles. The third-order valence-corrected chi connectivity index (χ3v) is 6.48. The van der Waals surface area contributed by atoms with E-state index in [-0.39, 0.29) is 17.9 Å². The van der Waals surface area contributed by atoms with Crippen LogP contribution in [0.5, 0.6) is 0 Å². The van der Waals surface area contributed by atoms with Crippen molar-refractivity contribution in [2.24, 2.45) is 60.1 Å². The largest absolute Gasteiger partial charge is 0.388 e. The van der Waals surface area contributed by atoms with Crippen LogP contribution in [0.25, 0.3) is 22.3 Å². The summed E-state index contributed by atoms with van der Waals surface area (Å²) in [5.41, 5.74) is 47.9. The van der Waals surface area contributed by atoms with E-state index in [2.05, 4.69) is 80.6 Å². The summed E-state index contributed by atoms with van der Waals surface area (Å²) < 4.78 is 0. The van der Waals surface area contributed by atoms with Crippen molar-refractivity contribution in [1.29, 1.82) is 0 Å². The van der Waals surface area contributed by atoms with E-state index < -0.39 is 0 Å². The topological polar surface area (TPSA) is 232 Å². The molecule has 11 heteroatoms. The van der Waals surface area contributed by atoms with Crippen molar-refractivity contribution in [3.8, 4) is 22.3 Å². The van der Waals surface area contributed by atoms with Crippen LogP contribution in [0.2, 0.25) is 0 Å². The fourth-order valence-corrected chi connectivity index (χ4v) is 4.62. The average molecular weight is 570 g/mol. The van der Waals surface area contributed by atoms with Crippen LogP contribution in [0, 0.1) is 0 Å². The molecule has 0 atom stereocenters. The Morgan fingerprint density at radius 3 is 1.10 bits per heavy atom. The third kappa shape index (κ3) is 10.8. The molecule has 0 aliphatic carbocycles. The van der Waals surface area contributed by atoms with Crippen molar-refractivity contribution in [2.45, 2.75) is 32.6 Å². The van der Waals surface area contributed by atoms with Gasteiger partial charge in [-0.15, -0.1) is 0 Å². The van der Waals surface area contributed by atoms with E-state index in [0.717, 1.165) is 45.4 Å². The van der Waals surface area contributed by atoms with E-state index in [1.165, 1.54) is 5.56 Å². The first-order valence-corrected chi connectivity index (χ1v) is 13.9. The molecule has 3 aromatic rings. The number of nitrogens with zero attached hydrogens (tertiary/aromatic N) is 4. The molecule has 0 spiro atoms. The van der Waals surface area contributed by atoms with E-state index in [1.54, 1.807) is 6.92 Å². The molecular weight excluding hydrogens is 526 g/mol. The molecule has 0 unspecified atom stereocenters. The van der Waals surface area contributed by atoms with Gasteiger partial charge in [-0.2, -0.15) is 0 Å². The maximum absolute atomic E-state index is 5.75. The highest BCUT2D eigenvalue weighted by Gasteiger charge is 2.09. The Labute approximate surface area is 247 Å². The molecular formula is C31H43N11. The second kappa shape index (κ2) is 15.7. The monoisotopic (exact) mass is 569 g/mol. The van der Waals surface area contributed by atoms with Crippen LogP contribution in [-0.2, 0) is 25.7 Å². The first-order chi connectivity index (χ1) is 20.1. The first-order valence-electron chi connectivity index (χ1n) is 13.9. The lowest BCUT2D eigenvalue weighted by Gasteiger charge is -2.13. The van der Waals surface area contributed by atoms with Crippen molar-refractivity contribution in [3.63, 3.8) is 0 Å². The van der Waals surface area contributed by atoms with Gasteiger partial charge in [-0.3, -0.25) is 20.0 Å². The fraction of sp³-hybridized carbons (Fsp3) is 0.290. The highest BCUT2D eigenvalue weighted by Crippen LogP contribution is 2.30. The second-order valence-corrected chi connectivity index (χ2v) is 10.1. The lowest BCUT2D eigenvalue weighted by Crippen LogP contribution is -2.23. The zero-order valence-corrected chi connectivity index (χ0v) is 24.3. The normalized spacial score (nSPS) is 11.1. The maximum Gasteiger partial charge on any atom is 0.185 e. The van der Waals surface area contributed by atoms with Gasteiger partial charge in [0.05, 0.1) is 5.84 Å².